The monoisotopic (exact) mass is 250 g/mol. The Labute approximate surface area is 94.4 Å². The van der Waals surface area contributed by atoms with E-state index < -0.39 is 12.5 Å². The molecule has 0 spiro atoms. The van der Waals surface area contributed by atoms with Gasteiger partial charge in [-0.1, -0.05) is 6.07 Å². The highest BCUT2D eigenvalue weighted by Gasteiger charge is 2.31. The number of benzene rings is 1. The van der Waals surface area contributed by atoms with Crippen LogP contribution in [0.4, 0.5) is 13.2 Å². The van der Waals surface area contributed by atoms with Crippen molar-refractivity contribution < 1.29 is 23.0 Å². The summed E-state index contributed by atoms with van der Waals surface area (Å²) in [7, 11) is 0. The van der Waals surface area contributed by atoms with E-state index in [0.29, 0.717) is 17.1 Å². The summed E-state index contributed by atoms with van der Waals surface area (Å²) in [6.07, 6.45) is -5.41. The number of halogens is 3. The van der Waals surface area contributed by atoms with Crippen LogP contribution in [0, 0.1) is 0 Å². The van der Waals surface area contributed by atoms with Crippen LogP contribution in [0.1, 0.15) is 17.2 Å². The molecule has 1 N–H and O–H groups in total. The minimum atomic E-state index is -4.69. The van der Waals surface area contributed by atoms with Gasteiger partial charge in [0.1, 0.15) is 5.75 Å². The first-order valence-corrected chi connectivity index (χ1v) is 5.75. The third-order valence-corrected chi connectivity index (χ3v) is 3.31. The van der Waals surface area contributed by atoms with E-state index in [1.807, 2.05) is 0 Å². The normalized spacial score (nSPS) is 20.4. The first-order chi connectivity index (χ1) is 7.46. The molecule has 6 heteroatoms. The molecule has 0 saturated heterocycles. The fourth-order valence-corrected chi connectivity index (χ4v) is 2.59. The fourth-order valence-electron chi connectivity index (χ4n) is 1.58. The van der Waals surface area contributed by atoms with Crippen molar-refractivity contribution in [3.63, 3.8) is 0 Å². The summed E-state index contributed by atoms with van der Waals surface area (Å²) in [6.45, 7) is 0. The van der Waals surface area contributed by atoms with Gasteiger partial charge >= 0.3 is 6.36 Å². The Morgan fingerprint density at radius 2 is 2.12 bits per heavy atom. The average Bonchev–Trinajstić information content (AvgIpc) is 2.17. The number of hydrogen-bond acceptors (Lipinski definition) is 3. The Morgan fingerprint density at radius 1 is 1.38 bits per heavy atom. The van der Waals surface area contributed by atoms with Crippen molar-refractivity contribution in [1.29, 1.82) is 0 Å². The topological polar surface area (TPSA) is 29.5 Å². The van der Waals surface area contributed by atoms with E-state index in [1.165, 1.54) is 12.1 Å². The van der Waals surface area contributed by atoms with Crippen LogP contribution in [-0.2, 0) is 5.75 Å². The molecule has 1 aromatic carbocycles. The van der Waals surface area contributed by atoms with E-state index >= 15 is 0 Å². The summed E-state index contributed by atoms with van der Waals surface area (Å²) in [5.41, 5.74) is 1.39. The number of alkyl halides is 3. The van der Waals surface area contributed by atoms with Crippen LogP contribution < -0.4 is 4.74 Å². The number of rotatable bonds is 1. The second kappa shape index (κ2) is 4.18. The number of ether oxygens (including phenoxy) is 1. The predicted molar refractivity (Wildman–Crippen MR) is 54.2 cm³/mol. The molecule has 0 bridgehead atoms. The zero-order valence-electron chi connectivity index (χ0n) is 8.12. The molecule has 16 heavy (non-hydrogen) atoms. The lowest BCUT2D eigenvalue weighted by Gasteiger charge is -2.21. The summed E-state index contributed by atoms with van der Waals surface area (Å²) < 4.78 is 39.7. The van der Waals surface area contributed by atoms with Gasteiger partial charge in [0.15, 0.2) is 0 Å². The van der Waals surface area contributed by atoms with Crippen molar-refractivity contribution in [3.8, 4) is 5.75 Å². The van der Waals surface area contributed by atoms with Crippen molar-refractivity contribution in [2.24, 2.45) is 0 Å². The average molecular weight is 250 g/mol. The first-order valence-electron chi connectivity index (χ1n) is 4.60. The largest absolute Gasteiger partial charge is 0.573 e. The molecule has 1 heterocycles. The lowest BCUT2D eigenvalue weighted by atomic mass is 10.0. The zero-order chi connectivity index (χ0) is 11.8. The Hall–Kier alpha value is -0.880. The smallest absolute Gasteiger partial charge is 0.406 e. The van der Waals surface area contributed by atoms with Crippen LogP contribution in [0.5, 0.6) is 5.75 Å². The number of hydrogen-bond donors (Lipinski definition) is 1. The number of fused-ring (bicyclic) bond motifs is 1. The summed E-state index contributed by atoms with van der Waals surface area (Å²) in [6, 6.07) is 4.09. The van der Waals surface area contributed by atoms with Gasteiger partial charge in [-0.25, -0.2) is 0 Å². The van der Waals surface area contributed by atoms with Gasteiger partial charge in [0.05, 0.1) is 6.10 Å². The Morgan fingerprint density at radius 3 is 2.81 bits per heavy atom. The molecule has 0 saturated carbocycles. The molecule has 2 nitrogen and oxygen atoms in total. The molecule has 0 amide bonds. The maximum absolute atomic E-state index is 12.0. The van der Waals surface area contributed by atoms with Gasteiger partial charge in [-0.05, 0) is 23.3 Å². The van der Waals surface area contributed by atoms with Crippen LogP contribution in [0.15, 0.2) is 18.2 Å². The minimum Gasteiger partial charge on any atom is -0.406 e. The first kappa shape index (κ1) is 11.6. The van der Waals surface area contributed by atoms with Crippen LogP contribution in [0.2, 0.25) is 0 Å². The second-order valence-corrected chi connectivity index (χ2v) is 4.47. The molecule has 0 radical (unpaired) electrons. The predicted octanol–water partition coefficient (Wildman–Crippen LogP) is 2.87. The van der Waals surface area contributed by atoms with E-state index in [9.17, 15) is 18.3 Å². The van der Waals surface area contributed by atoms with Crippen molar-refractivity contribution in [3.05, 3.63) is 29.3 Å². The maximum Gasteiger partial charge on any atom is 0.573 e. The molecule has 0 aliphatic carbocycles. The van der Waals surface area contributed by atoms with Gasteiger partial charge in [0.25, 0.3) is 0 Å². The minimum absolute atomic E-state index is 0.280. The number of thioether (sulfide) groups is 1. The molecule has 0 aromatic heterocycles. The Balaban J connectivity index is 2.27. The third kappa shape index (κ3) is 2.62. The Kier molecular flexibility index (Phi) is 3.03. The molecule has 2 rings (SSSR count). The molecule has 88 valence electrons. The number of aliphatic hydroxyl groups excluding tert-OH is 1. The molecular formula is C10H9F3O2S. The van der Waals surface area contributed by atoms with Crippen LogP contribution in [-0.4, -0.2) is 17.2 Å². The second-order valence-electron chi connectivity index (χ2n) is 3.44. The van der Waals surface area contributed by atoms with Crippen molar-refractivity contribution in [2.75, 3.05) is 5.75 Å². The Bertz CT molecular complexity index is 392. The van der Waals surface area contributed by atoms with Crippen LogP contribution in [0.25, 0.3) is 0 Å². The van der Waals surface area contributed by atoms with Gasteiger partial charge < -0.3 is 9.84 Å². The quantitative estimate of drug-likeness (QED) is 0.831. The zero-order valence-corrected chi connectivity index (χ0v) is 8.94. The summed E-state index contributed by atoms with van der Waals surface area (Å²) in [5, 5.41) is 9.63. The van der Waals surface area contributed by atoms with E-state index in [2.05, 4.69) is 4.74 Å². The highest BCUT2D eigenvalue weighted by atomic mass is 32.2. The van der Waals surface area contributed by atoms with Crippen molar-refractivity contribution >= 4 is 11.8 Å². The van der Waals surface area contributed by atoms with Gasteiger partial charge in [-0.3, -0.25) is 0 Å². The van der Waals surface area contributed by atoms with Gasteiger partial charge in [0, 0.05) is 11.5 Å². The van der Waals surface area contributed by atoms with Crippen molar-refractivity contribution in [1.82, 2.24) is 0 Å². The standard InChI is InChI=1S/C10H9F3O2S/c11-10(12,13)15-7-2-1-6-4-16-5-9(14)8(6)3-7/h1-3,9,14H,4-5H2. The number of aliphatic hydroxyl groups is 1. The molecule has 1 aliphatic heterocycles. The lowest BCUT2D eigenvalue weighted by molar-refractivity contribution is -0.274. The van der Waals surface area contributed by atoms with E-state index in [4.69, 9.17) is 0 Å². The molecule has 1 atom stereocenters. The van der Waals surface area contributed by atoms with Crippen molar-refractivity contribution in [2.45, 2.75) is 18.2 Å². The SMILES string of the molecule is OC1CSCc2ccc(OC(F)(F)F)cc21. The van der Waals surface area contributed by atoms with Gasteiger partial charge in [-0.2, -0.15) is 11.8 Å². The maximum atomic E-state index is 12.0. The van der Waals surface area contributed by atoms with Crippen LogP contribution in [0.3, 0.4) is 0 Å². The molecule has 1 unspecified atom stereocenters. The molecule has 1 aromatic rings. The summed E-state index contributed by atoms with van der Waals surface area (Å²) >= 11 is 1.55. The fraction of sp³-hybridized carbons (Fsp3) is 0.400. The molecule has 1 aliphatic rings. The molecular weight excluding hydrogens is 241 g/mol. The van der Waals surface area contributed by atoms with E-state index in [-0.39, 0.29) is 5.75 Å². The third-order valence-electron chi connectivity index (χ3n) is 2.24. The van der Waals surface area contributed by atoms with Gasteiger partial charge in [0.2, 0.25) is 0 Å². The highest BCUT2D eigenvalue weighted by Crippen LogP contribution is 2.35. The highest BCUT2D eigenvalue weighted by molar-refractivity contribution is 7.98. The van der Waals surface area contributed by atoms with Crippen LogP contribution >= 0.6 is 11.8 Å². The summed E-state index contributed by atoms with van der Waals surface area (Å²) in [5.74, 6) is 0.929. The molecule has 0 fully saturated rings. The van der Waals surface area contributed by atoms with E-state index in [0.717, 1.165) is 5.56 Å². The van der Waals surface area contributed by atoms with Gasteiger partial charge in [-0.15, -0.1) is 13.2 Å². The van der Waals surface area contributed by atoms with E-state index in [1.54, 1.807) is 17.8 Å². The lowest BCUT2D eigenvalue weighted by Crippen LogP contribution is -2.18. The summed E-state index contributed by atoms with van der Waals surface area (Å²) in [4.78, 5) is 0.